The van der Waals surface area contributed by atoms with Gasteiger partial charge >= 0.3 is 5.97 Å². The Bertz CT molecular complexity index is 481. The summed E-state index contributed by atoms with van der Waals surface area (Å²) in [5.41, 5.74) is 0.500. The van der Waals surface area contributed by atoms with Crippen molar-refractivity contribution in [1.29, 1.82) is 0 Å². The molecule has 1 saturated carbocycles. The lowest BCUT2D eigenvalue weighted by molar-refractivity contribution is -0.160. The monoisotopic (exact) mass is 278 g/mol. The second-order valence-corrected chi connectivity index (χ2v) is 6.83. The first-order valence-corrected chi connectivity index (χ1v) is 7.70. The number of fused-ring (bicyclic) bond motifs is 2. The van der Waals surface area contributed by atoms with Gasteiger partial charge in [0.05, 0.1) is 0 Å². The van der Waals surface area contributed by atoms with Gasteiger partial charge in [-0.05, 0) is 63.9 Å². The summed E-state index contributed by atoms with van der Waals surface area (Å²) in [7, 11) is 0. The molecular formula is C17H23FO2. The molecule has 20 heavy (non-hydrogen) atoms. The molecule has 0 radical (unpaired) electrons. The van der Waals surface area contributed by atoms with Crippen LogP contribution >= 0.6 is 0 Å². The molecule has 4 rings (SSSR count). The third kappa shape index (κ3) is 2.11. The number of ether oxygens (including phenoxy) is 1. The third-order valence-corrected chi connectivity index (χ3v) is 5.62. The van der Waals surface area contributed by atoms with Gasteiger partial charge in [0.15, 0.2) is 0 Å². The Morgan fingerprint density at radius 1 is 1.35 bits per heavy atom. The van der Waals surface area contributed by atoms with Crippen LogP contribution in [0, 0.1) is 11.3 Å². The van der Waals surface area contributed by atoms with Crippen LogP contribution in [0.4, 0.5) is 4.39 Å². The van der Waals surface area contributed by atoms with E-state index >= 15 is 0 Å². The molecule has 0 amide bonds. The van der Waals surface area contributed by atoms with E-state index < -0.39 is 5.60 Å². The van der Waals surface area contributed by atoms with E-state index in [2.05, 4.69) is 13.0 Å². The highest BCUT2D eigenvalue weighted by molar-refractivity contribution is 5.67. The largest absolute Gasteiger partial charge is 0.455 e. The van der Waals surface area contributed by atoms with Crippen LogP contribution in [-0.4, -0.2) is 11.6 Å². The van der Waals surface area contributed by atoms with Crippen molar-refractivity contribution in [1.82, 2.24) is 0 Å². The van der Waals surface area contributed by atoms with Gasteiger partial charge in [-0.3, -0.25) is 4.79 Å². The molecule has 4 aliphatic rings. The predicted molar refractivity (Wildman–Crippen MR) is 75.7 cm³/mol. The van der Waals surface area contributed by atoms with E-state index in [1.54, 1.807) is 6.08 Å². The van der Waals surface area contributed by atoms with Gasteiger partial charge in [-0.25, -0.2) is 4.39 Å². The summed E-state index contributed by atoms with van der Waals surface area (Å²) in [4.78, 5) is 11.2. The summed E-state index contributed by atoms with van der Waals surface area (Å²) in [6.07, 6.45) is 10.3. The summed E-state index contributed by atoms with van der Waals surface area (Å²) in [5, 5.41) is 0. The van der Waals surface area contributed by atoms with Gasteiger partial charge in [0.25, 0.3) is 0 Å². The lowest BCUT2D eigenvalue weighted by atomic mass is 9.55. The molecule has 0 N–H and O–H groups in total. The van der Waals surface area contributed by atoms with Gasteiger partial charge in [0, 0.05) is 12.3 Å². The van der Waals surface area contributed by atoms with E-state index in [1.807, 2.05) is 0 Å². The number of carbonyl (C=O) groups is 1. The lowest BCUT2D eigenvalue weighted by Crippen LogP contribution is -2.49. The fraction of sp³-hybridized carbons (Fsp3) is 0.706. The second kappa shape index (κ2) is 4.71. The molecule has 0 aromatic heterocycles. The second-order valence-electron chi connectivity index (χ2n) is 6.83. The van der Waals surface area contributed by atoms with Crippen molar-refractivity contribution in [2.24, 2.45) is 11.3 Å². The summed E-state index contributed by atoms with van der Waals surface area (Å²) in [6.45, 7) is 3.57. The molecule has 1 atom stereocenters. The van der Waals surface area contributed by atoms with Crippen molar-refractivity contribution in [3.8, 4) is 0 Å². The molecular weight excluding hydrogens is 255 g/mol. The van der Waals surface area contributed by atoms with Crippen molar-refractivity contribution in [2.45, 2.75) is 64.4 Å². The number of allylic oxidation sites excluding steroid dienone is 3. The lowest BCUT2D eigenvalue weighted by Gasteiger charge is -2.52. The van der Waals surface area contributed by atoms with Crippen molar-refractivity contribution in [3.63, 3.8) is 0 Å². The Kier molecular flexibility index (Phi) is 3.26. The standard InChI is InChI=1S/C17H23FO2/c1-12-3-5-14(6-4-12)17-9-7-16(8-10-17,11-15(17)18)20-13(2)19/h3,11,14H,4-10H2,1-2H3. The van der Waals surface area contributed by atoms with Gasteiger partial charge in [-0.15, -0.1) is 0 Å². The van der Waals surface area contributed by atoms with E-state index in [1.165, 1.54) is 12.5 Å². The molecule has 2 nitrogen and oxygen atoms in total. The van der Waals surface area contributed by atoms with Gasteiger partial charge in [0.2, 0.25) is 0 Å². The van der Waals surface area contributed by atoms with Crippen molar-refractivity contribution >= 4 is 5.97 Å². The molecule has 0 aliphatic heterocycles. The van der Waals surface area contributed by atoms with Crippen LogP contribution in [0.2, 0.25) is 0 Å². The van der Waals surface area contributed by atoms with Crippen molar-refractivity contribution < 1.29 is 13.9 Å². The molecule has 110 valence electrons. The Hall–Kier alpha value is -1.12. The molecule has 1 fully saturated rings. The number of hydrogen-bond acceptors (Lipinski definition) is 2. The number of rotatable bonds is 2. The van der Waals surface area contributed by atoms with Crippen LogP contribution in [0.5, 0.6) is 0 Å². The first-order valence-electron chi connectivity index (χ1n) is 7.70. The Labute approximate surface area is 120 Å². The highest BCUT2D eigenvalue weighted by Crippen LogP contribution is 2.59. The Morgan fingerprint density at radius 3 is 2.55 bits per heavy atom. The third-order valence-electron chi connectivity index (χ3n) is 5.62. The zero-order valence-corrected chi connectivity index (χ0v) is 12.4. The van der Waals surface area contributed by atoms with Crippen LogP contribution in [0.25, 0.3) is 0 Å². The minimum Gasteiger partial charge on any atom is -0.455 e. The molecule has 0 saturated heterocycles. The van der Waals surface area contributed by atoms with E-state index in [0.717, 1.165) is 44.9 Å². The van der Waals surface area contributed by atoms with Gasteiger partial charge < -0.3 is 4.74 Å². The first kappa shape index (κ1) is 13.8. The highest BCUT2D eigenvalue weighted by Gasteiger charge is 2.54. The average Bonchev–Trinajstić information content (AvgIpc) is 2.39. The van der Waals surface area contributed by atoms with E-state index in [-0.39, 0.29) is 17.2 Å². The quantitative estimate of drug-likeness (QED) is 0.550. The van der Waals surface area contributed by atoms with Crippen LogP contribution in [0.3, 0.4) is 0 Å². The summed E-state index contributed by atoms with van der Waals surface area (Å²) < 4.78 is 20.2. The maximum Gasteiger partial charge on any atom is 0.303 e. The van der Waals surface area contributed by atoms with Crippen LogP contribution < -0.4 is 0 Å². The molecule has 0 aromatic rings. The Morgan fingerprint density at radius 2 is 2.05 bits per heavy atom. The minimum atomic E-state index is -0.655. The molecule has 0 heterocycles. The Balaban J connectivity index is 1.85. The zero-order chi connectivity index (χ0) is 14.4. The van der Waals surface area contributed by atoms with Crippen LogP contribution in [-0.2, 0) is 9.53 Å². The SMILES string of the molecule is CC(=O)OC12C=C(F)C(C3CC=C(C)CC3)(CC1)CC2. The highest BCUT2D eigenvalue weighted by atomic mass is 19.1. The number of hydrogen-bond donors (Lipinski definition) is 0. The van der Waals surface area contributed by atoms with Crippen molar-refractivity contribution in [2.75, 3.05) is 0 Å². The van der Waals surface area contributed by atoms with E-state index in [0.29, 0.717) is 5.92 Å². The summed E-state index contributed by atoms with van der Waals surface area (Å²) >= 11 is 0. The van der Waals surface area contributed by atoms with Gasteiger partial charge in [-0.2, -0.15) is 0 Å². The van der Waals surface area contributed by atoms with Crippen LogP contribution in [0.15, 0.2) is 23.6 Å². The smallest absolute Gasteiger partial charge is 0.303 e. The summed E-state index contributed by atoms with van der Waals surface area (Å²) in [5.74, 6) is 0.0898. The van der Waals surface area contributed by atoms with E-state index in [9.17, 15) is 9.18 Å². The topological polar surface area (TPSA) is 26.3 Å². The van der Waals surface area contributed by atoms with Crippen molar-refractivity contribution in [3.05, 3.63) is 23.6 Å². The average molecular weight is 278 g/mol. The zero-order valence-electron chi connectivity index (χ0n) is 12.4. The molecule has 2 bridgehead atoms. The summed E-state index contributed by atoms with van der Waals surface area (Å²) in [6, 6.07) is 0. The van der Waals surface area contributed by atoms with Gasteiger partial charge in [0.1, 0.15) is 11.4 Å². The fourth-order valence-corrected chi connectivity index (χ4v) is 4.37. The molecule has 4 aliphatic carbocycles. The number of carbonyl (C=O) groups excluding carboxylic acids is 1. The molecule has 3 heteroatoms. The number of esters is 1. The fourth-order valence-electron chi connectivity index (χ4n) is 4.37. The van der Waals surface area contributed by atoms with Crippen LogP contribution in [0.1, 0.15) is 58.8 Å². The first-order chi connectivity index (χ1) is 9.46. The molecule has 1 unspecified atom stereocenters. The predicted octanol–water partition coefficient (Wildman–Crippen LogP) is 4.46. The maximum absolute atomic E-state index is 14.8. The number of halogens is 1. The minimum absolute atomic E-state index is 0.0193. The normalized spacial score (nSPS) is 40.0. The maximum atomic E-state index is 14.8. The molecule has 0 aromatic carbocycles. The van der Waals surface area contributed by atoms with E-state index in [4.69, 9.17) is 4.74 Å². The van der Waals surface area contributed by atoms with Gasteiger partial charge in [-0.1, -0.05) is 11.6 Å². The molecule has 0 spiro atoms.